The highest BCUT2D eigenvalue weighted by Gasteiger charge is 2.25. The van der Waals surface area contributed by atoms with E-state index < -0.39 is 0 Å². The highest BCUT2D eigenvalue weighted by molar-refractivity contribution is 5.25. The third-order valence-electron chi connectivity index (χ3n) is 4.24. The zero-order valence-corrected chi connectivity index (χ0v) is 14.0. The molecule has 0 amide bonds. The lowest BCUT2D eigenvalue weighted by Gasteiger charge is -2.31. The van der Waals surface area contributed by atoms with Crippen molar-refractivity contribution < 1.29 is 0 Å². The highest BCUT2D eigenvalue weighted by Crippen LogP contribution is 2.31. The van der Waals surface area contributed by atoms with Crippen LogP contribution >= 0.6 is 0 Å². The van der Waals surface area contributed by atoms with Gasteiger partial charge in [-0.3, -0.25) is 10.8 Å². The Morgan fingerprint density at radius 3 is 3.18 bits per heavy atom. The van der Waals surface area contributed by atoms with E-state index in [1.54, 1.807) is 0 Å². The maximum absolute atomic E-state index is 6.34. The van der Waals surface area contributed by atoms with Crippen LogP contribution in [0.2, 0.25) is 0 Å². The Balaban J connectivity index is 1.94. The minimum Gasteiger partial charge on any atom is -0.268 e. The number of unbranched alkanes of at least 4 members (excludes halogenated alkanes) is 2. The number of nitrogens with two attached hydrogens (primary N) is 1. The number of nitrogens with zero attached hydrogens (tertiary/aromatic N) is 2. The molecule has 0 radical (unpaired) electrons. The normalized spacial score (nSPS) is 18.9. The monoisotopic (exact) mass is 299 g/mol. The molecule has 1 aliphatic carbocycles. The zero-order chi connectivity index (χ0) is 15.8. The Morgan fingerprint density at radius 2 is 2.36 bits per heavy atom. The quantitative estimate of drug-likeness (QED) is 0.353. The van der Waals surface area contributed by atoms with Crippen LogP contribution in [0.3, 0.4) is 0 Å². The molecular weight excluding hydrogens is 270 g/mol. The Labute approximate surface area is 134 Å². The van der Waals surface area contributed by atoms with Gasteiger partial charge in [0.1, 0.15) is 0 Å². The topological polar surface area (TPSA) is 42.1 Å². The van der Waals surface area contributed by atoms with Gasteiger partial charge in [0.15, 0.2) is 0 Å². The van der Waals surface area contributed by atoms with Crippen LogP contribution in [0.15, 0.2) is 42.1 Å². The van der Waals surface area contributed by atoms with Crippen LogP contribution in [-0.2, 0) is 6.42 Å². The summed E-state index contributed by atoms with van der Waals surface area (Å²) in [5.41, 5.74) is 3.82. The fraction of sp³-hybridized carbons (Fsp3) is 0.526. The first-order valence-corrected chi connectivity index (χ1v) is 8.49. The van der Waals surface area contributed by atoms with E-state index in [9.17, 15) is 0 Å². The molecule has 1 atom stereocenters. The molecule has 1 heterocycles. The first-order valence-electron chi connectivity index (χ1n) is 8.49. The molecule has 0 bridgehead atoms. The van der Waals surface area contributed by atoms with Gasteiger partial charge < -0.3 is 0 Å². The summed E-state index contributed by atoms with van der Waals surface area (Å²) in [6.07, 6.45) is 15.5. The standard InChI is InChI=1S/C19H29N3/c1-3-4-5-6-7-10-16(2)15-22(20)18-13-8-11-17-12-9-14-21-19(17)18/h6-7,9-10,12,14,18H,3-5,8,11,13,15,20H2,1-2H3/b7-6-,16-10+. The van der Waals surface area contributed by atoms with E-state index in [0.29, 0.717) is 0 Å². The number of fused-ring (bicyclic) bond motifs is 1. The molecule has 0 saturated carbocycles. The van der Waals surface area contributed by atoms with Crippen LogP contribution in [0.1, 0.15) is 63.3 Å². The van der Waals surface area contributed by atoms with Gasteiger partial charge in [-0.1, -0.05) is 49.6 Å². The molecule has 1 aromatic rings. The molecule has 1 aliphatic rings. The van der Waals surface area contributed by atoms with Gasteiger partial charge in [0.25, 0.3) is 0 Å². The minimum atomic E-state index is 0.248. The second-order valence-electron chi connectivity index (χ2n) is 6.21. The molecule has 3 nitrogen and oxygen atoms in total. The lowest BCUT2D eigenvalue weighted by Crippen LogP contribution is -2.38. The highest BCUT2D eigenvalue weighted by atomic mass is 15.4. The molecule has 3 heteroatoms. The van der Waals surface area contributed by atoms with Gasteiger partial charge in [-0.15, -0.1) is 0 Å². The van der Waals surface area contributed by atoms with E-state index in [-0.39, 0.29) is 6.04 Å². The minimum absolute atomic E-state index is 0.248. The molecule has 2 rings (SSSR count). The SMILES string of the molecule is CCCC/C=C\C=C(/C)CN(N)C1CCCc2cccnc21. The zero-order valence-electron chi connectivity index (χ0n) is 14.0. The third-order valence-corrected chi connectivity index (χ3v) is 4.24. The summed E-state index contributed by atoms with van der Waals surface area (Å²) < 4.78 is 0. The van der Waals surface area contributed by atoms with Crippen LogP contribution in [0.4, 0.5) is 0 Å². The number of rotatable bonds is 7. The van der Waals surface area contributed by atoms with Gasteiger partial charge in [-0.2, -0.15) is 0 Å². The van der Waals surface area contributed by atoms with E-state index in [1.165, 1.54) is 36.1 Å². The van der Waals surface area contributed by atoms with Crippen LogP contribution in [0, 0.1) is 0 Å². The average Bonchev–Trinajstić information content (AvgIpc) is 2.54. The van der Waals surface area contributed by atoms with Crippen molar-refractivity contribution >= 4 is 0 Å². The third kappa shape index (κ3) is 4.79. The molecular formula is C19H29N3. The molecule has 22 heavy (non-hydrogen) atoms. The molecule has 0 aromatic carbocycles. The lowest BCUT2D eigenvalue weighted by atomic mass is 9.91. The summed E-state index contributed by atoms with van der Waals surface area (Å²) in [6.45, 7) is 5.16. The summed E-state index contributed by atoms with van der Waals surface area (Å²) in [6, 6.07) is 4.45. The van der Waals surface area contributed by atoms with E-state index in [2.05, 4.69) is 43.1 Å². The predicted octanol–water partition coefficient (Wildman–Crippen LogP) is 4.33. The van der Waals surface area contributed by atoms with Gasteiger partial charge in [0.2, 0.25) is 0 Å². The number of pyridine rings is 1. The second kappa shape index (κ2) is 8.86. The van der Waals surface area contributed by atoms with Crippen LogP contribution in [0.25, 0.3) is 0 Å². The van der Waals surface area contributed by atoms with Crippen molar-refractivity contribution in [3.05, 3.63) is 53.4 Å². The second-order valence-corrected chi connectivity index (χ2v) is 6.21. The fourth-order valence-corrected chi connectivity index (χ4v) is 3.01. The fourth-order valence-electron chi connectivity index (χ4n) is 3.01. The molecule has 1 aromatic heterocycles. The summed E-state index contributed by atoms with van der Waals surface area (Å²) in [7, 11) is 0. The van der Waals surface area contributed by atoms with Crippen molar-refractivity contribution in [1.82, 2.24) is 9.99 Å². The van der Waals surface area contributed by atoms with Gasteiger partial charge in [0, 0.05) is 12.7 Å². The van der Waals surface area contributed by atoms with Crippen LogP contribution in [-0.4, -0.2) is 16.5 Å². The summed E-state index contributed by atoms with van der Waals surface area (Å²) in [5.74, 6) is 6.34. The van der Waals surface area contributed by atoms with Crippen molar-refractivity contribution in [2.24, 2.45) is 5.84 Å². The predicted molar refractivity (Wildman–Crippen MR) is 93.2 cm³/mol. The Morgan fingerprint density at radius 1 is 1.50 bits per heavy atom. The van der Waals surface area contributed by atoms with Gasteiger partial charge in [0.05, 0.1) is 11.7 Å². The number of hydrogen-bond donors (Lipinski definition) is 1. The number of hydrogen-bond acceptors (Lipinski definition) is 3. The van der Waals surface area contributed by atoms with E-state index in [4.69, 9.17) is 5.84 Å². The van der Waals surface area contributed by atoms with Gasteiger partial charge in [-0.25, -0.2) is 5.01 Å². The summed E-state index contributed by atoms with van der Waals surface area (Å²) in [4.78, 5) is 4.57. The van der Waals surface area contributed by atoms with Gasteiger partial charge >= 0.3 is 0 Å². The van der Waals surface area contributed by atoms with Gasteiger partial charge in [-0.05, 0) is 44.2 Å². The van der Waals surface area contributed by atoms with Crippen molar-refractivity contribution in [1.29, 1.82) is 0 Å². The number of aryl methyl sites for hydroxylation is 1. The van der Waals surface area contributed by atoms with E-state index in [0.717, 1.165) is 25.8 Å². The van der Waals surface area contributed by atoms with Crippen LogP contribution < -0.4 is 5.84 Å². The molecule has 1 unspecified atom stereocenters. The molecule has 0 aliphatic heterocycles. The van der Waals surface area contributed by atoms with Crippen molar-refractivity contribution in [3.63, 3.8) is 0 Å². The Hall–Kier alpha value is -1.45. The van der Waals surface area contributed by atoms with Crippen molar-refractivity contribution in [2.45, 2.75) is 58.4 Å². The van der Waals surface area contributed by atoms with E-state index >= 15 is 0 Å². The molecule has 120 valence electrons. The Kier molecular flexibility index (Phi) is 6.81. The first-order chi connectivity index (χ1) is 10.7. The lowest BCUT2D eigenvalue weighted by molar-refractivity contribution is 0.194. The first kappa shape index (κ1) is 16.9. The maximum atomic E-state index is 6.34. The largest absolute Gasteiger partial charge is 0.268 e. The van der Waals surface area contributed by atoms with E-state index in [1.807, 2.05) is 17.3 Å². The number of aromatic nitrogens is 1. The molecule has 0 fully saturated rings. The van der Waals surface area contributed by atoms with Crippen LogP contribution in [0.5, 0.6) is 0 Å². The smallest absolute Gasteiger partial charge is 0.0669 e. The molecule has 0 saturated heterocycles. The van der Waals surface area contributed by atoms with Crippen molar-refractivity contribution in [3.8, 4) is 0 Å². The average molecular weight is 299 g/mol. The molecule has 2 N–H and O–H groups in total. The Bertz CT molecular complexity index is 519. The van der Waals surface area contributed by atoms with Crippen molar-refractivity contribution in [2.75, 3.05) is 6.54 Å². The summed E-state index contributed by atoms with van der Waals surface area (Å²) in [5, 5.41) is 1.96. The maximum Gasteiger partial charge on any atom is 0.0669 e. The summed E-state index contributed by atoms with van der Waals surface area (Å²) >= 11 is 0. The number of hydrazine groups is 1. The number of allylic oxidation sites excluding steroid dienone is 3. The molecule has 0 spiro atoms.